The fourth-order valence-electron chi connectivity index (χ4n) is 0.930. The zero-order valence-corrected chi connectivity index (χ0v) is 13.4. The van der Waals surface area contributed by atoms with E-state index in [9.17, 15) is 19.8 Å². The third-order valence-electron chi connectivity index (χ3n) is 2.21. The van der Waals surface area contributed by atoms with E-state index in [2.05, 4.69) is 4.98 Å². The van der Waals surface area contributed by atoms with Gasteiger partial charge in [0.2, 0.25) is 0 Å². The molecule has 1 atom stereocenters. The van der Waals surface area contributed by atoms with E-state index in [4.69, 9.17) is 26.2 Å². The number of nitrogens with zero attached hydrogens (tertiary/aromatic N) is 1. The molecule has 0 fully saturated rings. The Labute approximate surface area is 139 Å². The van der Waals surface area contributed by atoms with Crippen LogP contribution in [0.3, 0.4) is 0 Å². The van der Waals surface area contributed by atoms with Crippen LogP contribution in [0.5, 0.6) is 0 Å². The molecule has 0 bridgehead atoms. The number of nitrogens with two attached hydrogens (primary N) is 1. The van der Waals surface area contributed by atoms with Crippen LogP contribution in [0.25, 0.3) is 0 Å². The van der Waals surface area contributed by atoms with E-state index in [0.717, 1.165) is 5.69 Å². The normalized spacial score (nSPS) is 12.3. The van der Waals surface area contributed by atoms with Crippen molar-refractivity contribution in [2.24, 2.45) is 5.73 Å². The number of hydrogen-bond acceptors (Lipinski definition) is 10. The van der Waals surface area contributed by atoms with Gasteiger partial charge in [-0.25, -0.2) is 0 Å². The molecular formula is C11H14N2O8Pt. The molecule has 6 N–H and O–H groups in total. The van der Waals surface area contributed by atoms with Crippen LogP contribution >= 0.6 is 0 Å². The summed E-state index contributed by atoms with van der Waals surface area (Å²) in [4.78, 5) is 23.6. The van der Waals surface area contributed by atoms with Crippen LogP contribution in [-0.4, -0.2) is 48.9 Å². The average molecular weight is 497 g/mol. The molecule has 0 aromatic carbocycles. The molecule has 1 rings (SSSR count). The summed E-state index contributed by atoms with van der Waals surface area (Å²) in [6.07, 6.45) is 1.75. The molecule has 0 amide bonds. The molecule has 1 unspecified atom stereocenters. The van der Waals surface area contributed by atoms with E-state index in [0.29, 0.717) is 0 Å². The Morgan fingerprint density at radius 1 is 1.14 bits per heavy atom. The van der Waals surface area contributed by atoms with E-state index in [1.807, 2.05) is 25.1 Å². The predicted octanol–water partition coefficient (Wildman–Crippen LogP) is -5.05. The van der Waals surface area contributed by atoms with Gasteiger partial charge >= 0.3 is 21.1 Å². The average Bonchev–Trinajstić information content (AvgIpc) is 2.39. The quantitative estimate of drug-likeness (QED) is 0.251. The van der Waals surface area contributed by atoms with Crippen molar-refractivity contribution in [3.63, 3.8) is 0 Å². The monoisotopic (exact) mass is 497 g/mol. The fraction of sp³-hybridized carbons (Fsp3) is 0.364. The Hall–Kier alpha value is -1.42. The first-order valence-corrected chi connectivity index (χ1v) is 5.43. The first kappa shape index (κ1) is 22.9. The second-order valence-electron chi connectivity index (χ2n) is 3.96. The van der Waals surface area contributed by atoms with Crippen molar-refractivity contribution in [2.45, 2.75) is 24.5 Å². The summed E-state index contributed by atoms with van der Waals surface area (Å²) in [7, 11) is 0. The predicted molar refractivity (Wildman–Crippen MR) is 61.2 cm³/mol. The minimum atomic E-state index is -4.33. The van der Waals surface area contributed by atoms with Crippen molar-refractivity contribution in [1.82, 2.24) is 4.98 Å². The molecule has 0 spiro atoms. The minimum Gasteiger partial charge on any atom is -0.544 e. The summed E-state index contributed by atoms with van der Waals surface area (Å²) in [5.41, 5.74) is 6.49. The van der Waals surface area contributed by atoms with E-state index in [1.165, 1.54) is 0 Å². The summed E-state index contributed by atoms with van der Waals surface area (Å²) in [6, 6.07) is 5.79. The number of pyridine rings is 1. The molecule has 1 heterocycles. The molecule has 0 saturated heterocycles. The Morgan fingerprint density at radius 3 is 1.73 bits per heavy atom. The molecule has 0 aliphatic rings. The van der Waals surface area contributed by atoms with Crippen molar-refractivity contribution >= 4 is 11.9 Å². The smallest absolute Gasteiger partial charge is 0.544 e. The Morgan fingerprint density at radius 2 is 1.55 bits per heavy atom. The van der Waals surface area contributed by atoms with E-state index in [1.54, 1.807) is 6.20 Å². The van der Waals surface area contributed by atoms with Crippen molar-refractivity contribution < 1.29 is 61.3 Å². The van der Waals surface area contributed by atoms with Crippen molar-refractivity contribution in [2.75, 3.05) is 0 Å². The van der Waals surface area contributed by atoms with Gasteiger partial charge in [-0.3, -0.25) is 4.98 Å². The summed E-state index contributed by atoms with van der Waals surface area (Å²) < 4.78 is 0. The first-order valence-electron chi connectivity index (χ1n) is 5.43. The number of hydrogen-bond donors (Lipinski definition) is 5. The van der Waals surface area contributed by atoms with Crippen molar-refractivity contribution in [3.8, 4) is 0 Å². The molecule has 0 aliphatic heterocycles. The van der Waals surface area contributed by atoms with Crippen LogP contribution in [0.15, 0.2) is 24.4 Å². The topological polar surface area (TPSA) is 200 Å². The second-order valence-corrected chi connectivity index (χ2v) is 3.96. The van der Waals surface area contributed by atoms with Gasteiger partial charge in [-0.15, -0.1) is 0 Å². The molecule has 10 nitrogen and oxygen atoms in total. The van der Waals surface area contributed by atoms with E-state index >= 15 is 0 Å². The van der Waals surface area contributed by atoms with Crippen LogP contribution in [0.1, 0.15) is 18.7 Å². The van der Waals surface area contributed by atoms with Crippen LogP contribution < -0.4 is 15.9 Å². The number of aromatic nitrogens is 1. The maximum atomic E-state index is 9.75. The van der Waals surface area contributed by atoms with Gasteiger partial charge in [-0.05, 0) is 19.1 Å². The summed E-state index contributed by atoms with van der Waals surface area (Å²) >= 11 is 0. The van der Waals surface area contributed by atoms with Gasteiger partial charge in [0.05, 0.1) is 5.69 Å². The summed E-state index contributed by atoms with van der Waals surface area (Å²) in [5.74, 6) is -14.2. The summed E-state index contributed by atoms with van der Waals surface area (Å²) in [5, 5.41) is 52.6. The van der Waals surface area contributed by atoms with Gasteiger partial charge in [0.25, 0.3) is 11.6 Å². The SMILES string of the molecule is CC(N)c1ccccn1.O=C([O-])C(O)(O)C(O)(O)C(=O)[O-].[Pt+2]. The zero-order valence-electron chi connectivity index (χ0n) is 11.1. The number of carboxylic acid groups (broad SMARTS) is 2. The van der Waals surface area contributed by atoms with E-state index in [-0.39, 0.29) is 27.1 Å². The van der Waals surface area contributed by atoms with Crippen molar-refractivity contribution in [1.29, 1.82) is 0 Å². The van der Waals surface area contributed by atoms with Crippen LogP contribution in [-0.2, 0) is 30.7 Å². The zero-order chi connectivity index (χ0) is 16.8. The van der Waals surface area contributed by atoms with Crippen LogP contribution in [0.2, 0.25) is 0 Å². The fourth-order valence-corrected chi connectivity index (χ4v) is 0.930. The standard InChI is InChI=1S/C7H10N2.C4H6O8.Pt/c1-6(8)7-4-2-3-5-9-7;5-1(6)3(9,10)4(11,12)2(7)8;/h2-6H,8H2,1H3;9-12H,(H,5,6)(H,7,8);/q;;+2/p-2. The molecule has 1 aromatic heterocycles. The van der Waals surface area contributed by atoms with Gasteiger partial charge in [-0.2, -0.15) is 0 Å². The molecule has 0 saturated carbocycles. The number of aliphatic hydroxyl groups is 4. The minimum absolute atomic E-state index is 0. The third kappa shape index (κ3) is 5.76. The number of carboxylic acids is 2. The number of aliphatic carboxylic acids is 2. The molecular weight excluding hydrogens is 483 g/mol. The van der Waals surface area contributed by atoms with Gasteiger partial charge in [-0.1, -0.05) is 6.07 Å². The molecule has 11 heteroatoms. The second kappa shape index (κ2) is 8.88. The van der Waals surface area contributed by atoms with E-state index < -0.39 is 23.5 Å². The van der Waals surface area contributed by atoms with Crippen LogP contribution in [0, 0.1) is 0 Å². The Bertz CT molecular complexity index is 468. The van der Waals surface area contributed by atoms with Gasteiger partial charge in [0, 0.05) is 12.2 Å². The molecule has 0 radical (unpaired) electrons. The molecule has 0 aliphatic carbocycles. The van der Waals surface area contributed by atoms with Crippen LogP contribution in [0.4, 0.5) is 0 Å². The first-order chi connectivity index (χ1) is 9.44. The van der Waals surface area contributed by atoms with Gasteiger partial charge in [0.1, 0.15) is 11.9 Å². The molecule has 1 aromatic rings. The number of rotatable bonds is 4. The summed E-state index contributed by atoms with van der Waals surface area (Å²) in [6.45, 7) is 1.92. The van der Waals surface area contributed by atoms with Crippen molar-refractivity contribution in [3.05, 3.63) is 30.1 Å². The number of carbonyl (C=O) groups is 2. The largest absolute Gasteiger partial charge is 2.00 e. The van der Waals surface area contributed by atoms with Gasteiger partial charge < -0.3 is 46.0 Å². The Balaban J connectivity index is 0. The van der Waals surface area contributed by atoms with Gasteiger partial charge in [0.15, 0.2) is 0 Å². The number of carbonyl (C=O) groups excluding carboxylic acids is 2. The maximum absolute atomic E-state index is 9.75. The molecule has 22 heavy (non-hydrogen) atoms. The third-order valence-corrected chi connectivity index (χ3v) is 2.21. The Kier molecular flexibility index (Phi) is 9.23. The maximum Gasteiger partial charge on any atom is 2.00 e. The molecule has 126 valence electrons.